The van der Waals surface area contributed by atoms with Crippen LogP contribution in [0.5, 0.6) is 0 Å². The van der Waals surface area contributed by atoms with Crippen molar-refractivity contribution < 1.29 is 9.53 Å². The van der Waals surface area contributed by atoms with Gasteiger partial charge in [-0.25, -0.2) is 4.79 Å². The molecule has 0 aliphatic rings. The van der Waals surface area contributed by atoms with E-state index in [9.17, 15) is 4.79 Å². The molecular weight excluding hydrogens is 388 g/mol. The predicted octanol–water partition coefficient (Wildman–Crippen LogP) is 5.44. The van der Waals surface area contributed by atoms with E-state index in [1.165, 1.54) is 11.3 Å². The van der Waals surface area contributed by atoms with Crippen molar-refractivity contribution in [3.05, 3.63) is 18.5 Å². The highest BCUT2D eigenvalue weighted by Gasteiger charge is 2.21. The molecule has 2 aromatic rings. The summed E-state index contributed by atoms with van der Waals surface area (Å²) in [6, 6.07) is 1.87. The predicted molar refractivity (Wildman–Crippen MR) is 80.3 cm³/mol. The Morgan fingerprint density at radius 1 is 1.24 bits per heavy atom. The molecule has 0 atom stereocenters. The zero-order valence-corrected chi connectivity index (χ0v) is 14.3. The number of carbonyl (C=O) groups is 1. The normalized spacial score (nSPS) is 12.1. The van der Waals surface area contributed by atoms with E-state index in [2.05, 4.69) is 31.9 Å². The van der Waals surface area contributed by atoms with Gasteiger partial charge < -0.3 is 4.74 Å². The number of ether oxygens (including phenoxy) is 1. The lowest BCUT2D eigenvalue weighted by Crippen LogP contribution is -2.23. The molecule has 2 heterocycles. The second-order valence-electron chi connectivity index (χ2n) is 4.50. The van der Waals surface area contributed by atoms with E-state index < -0.39 is 5.60 Å². The summed E-state index contributed by atoms with van der Waals surface area (Å²) in [5, 5.41) is 1.06. The minimum Gasteiger partial charge on any atom is -0.456 e. The molecule has 0 N–H and O–H groups in total. The lowest BCUT2D eigenvalue weighted by Gasteiger charge is -2.18. The van der Waals surface area contributed by atoms with Gasteiger partial charge >= 0.3 is 5.97 Å². The monoisotopic (exact) mass is 396 g/mol. The molecule has 0 saturated heterocycles. The smallest absolute Gasteiger partial charge is 0.348 e. The van der Waals surface area contributed by atoms with Gasteiger partial charge in [0.25, 0.3) is 0 Å². The molecule has 6 heteroatoms. The number of halogens is 2. The Labute approximate surface area is 124 Å². The average Bonchev–Trinajstić information content (AvgIpc) is 2.67. The molecule has 0 aliphatic carbocycles. The molecule has 0 saturated carbocycles. The number of hydrogen-bond donors (Lipinski definition) is 0. The maximum absolute atomic E-state index is 11.9. The summed E-state index contributed by atoms with van der Waals surface area (Å²) in [6.07, 6.45) is 0. The van der Waals surface area contributed by atoms with Gasteiger partial charge in [0, 0.05) is 5.39 Å². The minimum atomic E-state index is -0.456. The summed E-state index contributed by atoms with van der Waals surface area (Å²) >= 11 is 10.0. The Balaban J connectivity index is 2.37. The van der Waals surface area contributed by atoms with Crippen molar-refractivity contribution in [3.63, 3.8) is 0 Å². The molecular formula is C11H10Br2O2S2. The molecule has 2 aromatic heterocycles. The van der Waals surface area contributed by atoms with Gasteiger partial charge in [0.1, 0.15) is 10.5 Å². The van der Waals surface area contributed by atoms with Crippen molar-refractivity contribution in [1.82, 2.24) is 0 Å². The zero-order valence-electron chi connectivity index (χ0n) is 9.47. The molecule has 0 spiro atoms. The number of fused-ring (bicyclic) bond motifs is 1. The number of carbonyl (C=O) groups excluding carboxylic acids is 1. The van der Waals surface area contributed by atoms with Crippen LogP contribution in [0.2, 0.25) is 0 Å². The lowest BCUT2D eigenvalue weighted by molar-refractivity contribution is 0.00753. The molecule has 0 bridgehead atoms. The van der Waals surface area contributed by atoms with Crippen LogP contribution in [0.1, 0.15) is 30.4 Å². The Bertz CT molecular complexity index is 544. The van der Waals surface area contributed by atoms with Crippen LogP contribution in [0, 0.1) is 0 Å². The first-order valence-electron chi connectivity index (χ1n) is 4.88. The first-order chi connectivity index (χ1) is 7.78. The maximum atomic E-state index is 11.9. The summed E-state index contributed by atoms with van der Waals surface area (Å²) in [5.74, 6) is -0.262. The molecule has 0 radical (unpaired) electrons. The van der Waals surface area contributed by atoms with Gasteiger partial charge in [-0.2, -0.15) is 0 Å². The van der Waals surface area contributed by atoms with Crippen molar-refractivity contribution in [2.45, 2.75) is 26.4 Å². The second-order valence-corrected chi connectivity index (χ2v) is 9.21. The first kappa shape index (κ1) is 13.5. The fourth-order valence-electron chi connectivity index (χ4n) is 1.29. The van der Waals surface area contributed by atoms with Crippen LogP contribution in [0.25, 0.3) is 10.1 Å². The van der Waals surface area contributed by atoms with Crippen molar-refractivity contribution in [2.75, 3.05) is 0 Å². The average molecular weight is 398 g/mol. The number of esters is 1. The van der Waals surface area contributed by atoms with Crippen molar-refractivity contribution in [2.24, 2.45) is 0 Å². The Morgan fingerprint density at radius 2 is 1.88 bits per heavy atom. The van der Waals surface area contributed by atoms with Crippen LogP contribution >= 0.6 is 54.5 Å². The molecule has 0 unspecified atom stereocenters. The maximum Gasteiger partial charge on any atom is 0.348 e. The van der Waals surface area contributed by atoms with E-state index in [-0.39, 0.29) is 5.97 Å². The van der Waals surface area contributed by atoms with E-state index in [4.69, 9.17) is 4.74 Å². The molecule has 0 aliphatic heterocycles. The summed E-state index contributed by atoms with van der Waals surface area (Å²) in [6.45, 7) is 5.60. The van der Waals surface area contributed by atoms with E-state index >= 15 is 0 Å². The van der Waals surface area contributed by atoms with Crippen molar-refractivity contribution in [1.29, 1.82) is 0 Å². The van der Waals surface area contributed by atoms with E-state index in [1.807, 2.05) is 26.8 Å². The first-order valence-corrected chi connectivity index (χ1v) is 8.10. The van der Waals surface area contributed by atoms with Crippen LogP contribution in [0.4, 0.5) is 0 Å². The summed E-state index contributed by atoms with van der Waals surface area (Å²) in [7, 11) is 0. The minimum absolute atomic E-state index is 0.262. The summed E-state index contributed by atoms with van der Waals surface area (Å²) in [5.41, 5.74) is -0.456. The van der Waals surface area contributed by atoms with Crippen LogP contribution in [-0.4, -0.2) is 11.6 Å². The van der Waals surface area contributed by atoms with Gasteiger partial charge in [-0.05, 0) is 58.7 Å². The number of rotatable bonds is 1. The fraction of sp³-hybridized carbons (Fsp3) is 0.364. The van der Waals surface area contributed by atoms with Crippen LogP contribution in [0.15, 0.2) is 13.6 Å². The van der Waals surface area contributed by atoms with Crippen LogP contribution in [-0.2, 0) is 4.74 Å². The molecule has 0 aromatic carbocycles. The molecule has 0 fully saturated rings. The molecule has 92 valence electrons. The van der Waals surface area contributed by atoms with Gasteiger partial charge in [0.05, 0.1) is 12.3 Å². The lowest BCUT2D eigenvalue weighted by atomic mass is 10.2. The largest absolute Gasteiger partial charge is 0.456 e. The van der Waals surface area contributed by atoms with Gasteiger partial charge in [-0.3, -0.25) is 0 Å². The zero-order chi connectivity index (χ0) is 12.8. The highest BCUT2D eigenvalue weighted by atomic mass is 79.9. The number of thiophene rings is 2. The molecule has 2 nitrogen and oxygen atoms in total. The van der Waals surface area contributed by atoms with Crippen LogP contribution < -0.4 is 0 Å². The Kier molecular flexibility index (Phi) is 3.69. The molecule has 0 amide bonds. The van der Waals surface area contributed by atoms with Crippen LogP contribution in [0.3, 0.4) is 0 Å². The van der Waals surface area contributed by atoms with Crippen molar-refractivity contribution >= 4 is 70.6 Å². The summed E-state index contributed by atoms with van der Waals surface area (Å²) < 4.78 is 8.51. The molecule has 2 rings (SSSR count). The highest BCUT2D eigenvalue weighted by molar-refractivity contribution is 9.12. The topological polar surface area (TPSA) is 26.3 Å². The quantitative estimate of drug-likeness (QED) is 0.598. The van der Waals surface area contributed by atoms with E-state index in [1.54, 1.807) is 11.3 Å². The van der Waals surface area contributed by atoms with Gasteiger partial charge in [-0.1, -0.05) is 0 Å². The summed E-state index contributed by atoms with van der Waals surface area (Å²) in [4.78, 5) is 12.5. The third-order valence-corrected chi connectivity index (χ3v) is 6.00. The highest BCUT2D eigenvalue weighted by Crippen LogP contribution is 2.43. The Hall–Kier alpha value is 0.0900. The SMILES string of the molecule is CC(C)(C)OC(=O)c1cc2c(Br)sc(Br)c2s1. The van der Waals surface area contributed by atoms with E-state index in [0.29, 0.717) is 4.88 Å². The third-order valence-electron chi connectivity index (χ3n) is 1.90. The van der Waals surface area contributed by atoms with Gasteiger partial charge in [0.15, 0.2) is 0 Å². The third kappa shape index (κ3) is 2.92. The Morgan fingerprint density at radius 3 is 2.41 bits per heavy atom. The standard InChI is InChI=1S/C11H10Br2O2S2/c1-11(2,3)15-10(14)6-4-5-7(16-6)9(13)17-8(5)12/h4H,1-3H3. The molecule has 17 heavy (non-hydrogen) atoms. The van der Waals surface area contributed by atoms with E-state index in [0.717, 1.165) is 17.7 Å². The number of hydrogen-bond acceptors (Lipinski definition) is 4. The second kappa shape index (κ2) is 4.64. The van der Waals surface area contributed by atoms with Crippen molar-refractivity contribution in [3.8, 4) is 0 Å². The van der Waals surface area contributed by atoms with Gasteiger partial charge in [-0.15, -0.1) is 22.7 Å². The fourth-order valence-corrected chi connectivity index (χ4v) is 5.63. The van der Waals surface area contributed by atoms with Gasteiger partial charge in [0.2, 0.25) is 0 Å².